The molecule has 1 saturated heterocycles. The van der Waals surface area contributed by atoms with Gasteiger partial charge in [-0.2, -0.15) is 0 Å². The van der Waals surface area contributed by atoms with Gasteiger partial charge < -0.3 is 14.8 Å². The molecule has 0 aliphatic carbocycles. The van der Waals surface area contributed by atoms with E-state index >= 15 is 0 Å². The van der Waals surface area contributed by atoms with Crippen LogP contribution in [0.2, 0.25) is 0 Å². The van der Waals surface area contributed by atoms with Crippen molar-refractivity contribution in [3.8, 4) is 0 Å². The van der Waals surface area contributed by atoms with Crippen molar-refractivity contribution in [3.05, 3.63) is 0 Å². The Morgan fingerprint density at radius 2 is 2.25 bits per heavy atom. The molecular formula is C5H13NO2. The highest BCUT2D eigenvalue weighted by atomic mass is 16.7. The van der Waals surface area contributed by atoms with Crippen molar-refractivity contribution in [2.45, 2.75) is 6.29 Å². The van der Waals surface area contributed by atoms with E-state index in [0.29, 0.717) is 0 Å². The minimum atomic E-state index is -0.000000000000000222. The monoisotopic (exact) mass is 119 g/mol. The maximum absolute atomic E-state index is 5.11. The molecule has 3 nitrogen and oxygen atoms in total. The minimum Gasteiger partial charge on any atom is -0.349 e. The molecule has 0 radical (unpaired) electrons. The topological polar surface area (TPSA) is 30.5 Å². The second-order valence-corrected chi connectivity index (χ2v) is 1.73. The molecule has 1 fully saturated rings. The Hall–Kier alpha value is -0.120. The van der Waals surface area contributed by atoms with Crippen molar-refractivity contribution in [1.29, 1.82) is 0 Å². The van der Waals surface area contributed by atoms with Crippen LogP contribution in [0.15, 0.2) is 0 Å². The summed E-state index contributed by atoms with van der Waals surface area (Å²) in [6, 6.07) is 0. The molecule has 0 spiro atoms. The molecule has 0 aromatic carbocycles. The smallest absolute Gasteiger partial charge is 0.170 e. The molecule has 0 unspecified atom stereocenters. The minimum absolute atomic E-state index is 0. The van der Waals surface area contributed by atoms with Crippen LogP contribution in [0.5, 0.6) is 0 Å². The van der Waals surface area contributed by atoms with Crippen LogP contribution < -0.4 is 5.32 Å². The van der Waals surface area contributed by atoms with Crippen LogP contribution in [0, 0.1) is 0 Å². The van der Waals surface area contributed by atoms with Gasteiger partial charge in [0.05, 0.1) is 13.2 Å². The maximum Gasteiger partial charge on any atom is 0.170 e. The molecule has 8 heavy (non-hydrogen) atoms. The van der Waals surface area contributed by atoms with Gasteiger partial charge in [0.25, 0.3) is 0 Å². The largest absolute Gasteiger partial charge is 0.349 e. The lowest BCUT2D eigenvalue weighted by atomic mass is 10.6. The van der Waals surface area contributed by atoms with Gasteiger partial charge in [0, 0.05) is 7.97 Å². The number of likely N-dealkylation sites (N-methyl/N-ethyl adjacent to an activating group) is 1. The molecule has 50 valence electrons. The lowest BCUT2D eigenvalue weighted by Gasteiger charge is -2.05. The van der Waals surface area contributed by atoms with Crippen molar-refractivity contribution in [1.82, 2.24) is 5.32 Å². The van der Waals surface area contributed by atoms with E-state index in [-0.39, 0.29) is 7.72 Å². The summed E-state index contributed by atoms with van der Waals surface area (Å²) in [5, 5.41) is 2.96. The lowest BCUT2D eigenvalue weighted by Crippen LogP contribution is -2.23. The quantitative estimate of drug-likeness (QED) is 0.547. The van der Waals surface area contributed by atoms with Gasteiger partial charge in [-0.1, -0.05) is 0 Å². The first kappa shape index (κ1) is 6.01. The maximum atomic E-state index is 5.11. The molecule has 1 N–H and O–H groups in total. The highest BCUT2D eigenvalue weighted by Crippen LogP contribution is 2.00. The van der Waals surface area contributed by atoms with Gasteiger partial charge in [0.2, 0.25) is 0 Å². The molecule has 0 bridgehead atoms. The van der Waals surface area contributed by atoms with Gasteiger partial charge in [-0.15, -0.1) is 0 Å². The Morgan fingerprint density at radius 3 is 2.75 bits per heavy atom. The van der Waals surface area contributed by atoms with Crippen molar-refractivity contribution < 1.29 is 10.9 Å². The van der Waals surface area contributed by atoms with Gasteiger partial charge in [-0.05, 0) is 7.05 Å². The summed E-state index contributed by atoms with van der Waals surface area (Å²) in [6.07, 6.45) is -0.000000000000000222. The number of hydrogen-bond donors (Lipinski definition) is 1. The molecule has 0 amide bonds. The van der Waals surface area contributed by atoms with Crippen molar-refractivity contribution in [2.24, 2.45) is 0 Å². The molecule has 0 aromatic heterocycles. The van der Waals surface area contributed by atoms with Gasteiger partial charge in [0.15, 0.2) is 6.29 Å². The predicted molar refractivity (Wildman–Crippen MR) is 31.7 cm³/mol. The summed E-state index contributed by atoms with van der Waals surface area (Å²) < 4.78 is 10.2. The van der Waals surface area contributed by atoms with Crippen LogP contribution in [-0.2, 0) is 9.47 Å². The fourth-order valence-corrected chi connectivity index (χ4v) is 0.692. The predicted octanol–water partition coefficient (Wildman–Crippen LogP) is -0.175. The molecule has 0 saturated carbocycles. The average Bonchev–Trinajstić information content (AvgIpc) is 2.19. The summed E-state index contributed by atoms with van der Waals surface area (Å²) in [4.78, 5) is 0. The first-order valence-corrected chi connectivity index (χ1v) is 2.81. The van der Waals surface area contributed by atoms with E-state index in [9.17, 15) is 0 Å². The Kier molecular flexibility index (Phi) is 2.27. The van der Waals surface area contributed by atoms with E-state index in [1.165, 1.54) is 0 Å². The van der Waals surface area contributed by atoms with Crippen molar-refractivity contribution in [2.75, 3.05) is 26.8 Å². The van der Waals surface area contributed by atoms with Gasteiger partial charge >= 0.3 is 0 Å². The molecule has 3 heteroatoms. The standard InChI is InChI=1S/C5H11NO2.H2/c1-6-4-5-7-2-3-8-5;/h5-6H,2-4H2,1H3;1H. The van der Waals surface area contributed by atoms with E-state index in [1.54, 1.807) is 0 Å². The van der Waals surface area contributed by atoms with Gasteiger partial charge in [-0.3, -0.25) is 0 Å². The van der Waals surface area contributed by atoms with Crippen LogP contribution >= 0.6 is 0 Å². The summed E-state index contributed by atoms with van der Waals surface area (Å²) in [5.74, 6) is 0. The number of rotatable bonds is 2. The molecule has 1 aliphatic heterocycles. The van der Waals surface area contributed by atoms with E-state index in [2.05, 4.69) is 5.32 Å². The third kappa shape index (κ3) is 1.43. The van der Waals surface area contributed by atoms with E-state index in [1.807, 2.05) is 7.05 Å². The van der Waals surface area contributed by atoms with Crippen LogP contribution in [0.1, 0.15) is 1.43 Å². The Balaban J connectivity index is 0.000000640. The molecular weight excluding hydrogens is 106 g/mol. The highest BCUT2D eigenvalue weighted by molar-refractivity contribution is 4.52. The van der Waals surface area contributed by atoms with E-state index < -0.39 is 0 Å². The fourth-order valence-electron chi connectivity index (χ4n) is 0.692. The van der Waals surface area contributed by atoms with Crippen molar-refractivity contribution >= 4 is 0 Å². The zero-order valence-electron chi connectivity index (χ0n) is 5.02. The Morgan fingerprint density at radius 1 is 1.62 bits per heavy atom. The lowest BCUT2D eigenvalue weighted by molar-refractivity contribution is -0.0378. The third-order valence-corrected chi connectivity index (χ3v) is 1.06. The van der Waals surface area contributed by atoms with Gasteiger partial charge in [0.1, 0.15) is 0 Å². The van der Waals surface area contributed by atoms with Gasteiger partial charge in [-0.25, -0.2) is 0 Å². The summed E-state index contributed by atoms with van der Waals surface area (Å²) in [5.41, 5.74) is 0. The summed E-state index contributed by atoms with van der Waals surface area (Å²) >= 11 is 0. The third-order valence-electron chi connectivity index (χ3n) is 1.06. The van der Waals surface area contributed by atoms with E-state index in [4.69, 9.17) is 9.47 Å². The van der Waals surface area contributed by atoms with E-state index in [0.717, 1.165) is 19.8 Å². The fraction of sp³-hybridized carbons (Fsp3) is 1.00. The van der Waals surface area contributed by atoms with Crippen LogP contribution in [0.25, 0.3) is 0 Å². The first-order valence-electron chi connectivity index (χ1n) is 2.81. The summed E-state index contributed by atoms with van der Waals surface area (Å²) in [7, 11) is 1.88. The van der Waals surface area contributed by atoms with Crippen LogP contribution in [0.3, 0.4) is 0 Å². The zero-order chi connectivity index (χ0) is 5.82. The highest BCUT2D eigenvalue weighted by Gasteiger charge is 2.13. The molecule has 1 rings (SSSR count). The molecule has 0 aromatic rings. The number of nitrogens with one attached hydrogen (secondary N) is 1. The molecule has 1 aliphatic rings. The zero-order valence-corrected chi connectivity index (χ0v) is 5.02. The second kappa shape index (κ2) is 3.02. The van der Waals surface area contributed by atoms with Crippen molar-refractivity contribution in [3.63, 3.8) is 0 Å². The normalized spacial score (nSPS) is 22.1. The number of hydrogen-bond acceptors (Lipinski definition) is 3. The van der Waals surface area contributed by atoms with Crippen LogP contribution in [-0.4, -0.2) is 33.1 Å². The molecule has 1 heterocycles. The first-order chi connectivity index (χ1) is 3.93. The van der Waals surface area contributed by atoms with Crippen LogP contribution in [0.4, 0.5) is 0 Å². The summed E-state index contributed by atoms with van der Waals surface area (Å²) in [6.45, 7) is 2.28. The SMILES string of the molecule is CNCC1OCCO1.[HH]. The second-order valence-electron chi connectivity index (χ2n) is 1.73. The Bertz CT molecular complexity index is 66.0. The number of ether oxygens (including phenoxy) is 2. The average molecular weight is 119 g/mol. The molecule has 0 atom stereocenters. The Labute approximate surface area is 50.5 Å².